The molecule has 4 aromatic rings. The minimum atomic E-state index is -0.892. The van der Waals surface area contributed by atoms with E-state index in [2.05, 4.69) is 35.1 Å². The van der Waals surface area contributed by atoms with Gasteiger partial charge in [-0.1, -0.05) is 6.92 Å². The number of fused-ring (bicyclic) bond motifs is 2. The molecule has 0 aromatic carbocycles. The summed E-state index contributed by atoms with van der Waals surface area (Å²) in [6.45, 7) is 4.86. The first-order valence-corrected chi connectivity index (χ1v) is 13.6. The smallest absolute Gasteiger partial charge is 0.332 e. The monoisotopic (exact) mass is 558 g/mol. The van der Waals surface area contributed by atoms with E-state index in [0.29, 0.717) is 17.3 Å². The van der Waals surface area contributed by atoms with E-state index in [1.165, 1.54) is 41.5 Å². The van der Waals surface area contributed by atoms with Crippen molar-refractivity contribution in [3.05, 3.63) is 51.8 Å². The van der Waals surface area contributed by atoms with Gasteiger partial charge in [0.2, 0.25) is 11.9 Å². The summed E-state index contributed by atoms with van der Waals surface area (Å²) in [5, 5.41) is 2.76. The van der Waals surface area contributed by atoms with E-state index < -0.39 is 23.2 Å². The maximum absolute atomic E-state index is 13.2. The van der Waals surface area contributed by atoms with Crippen molar-refractivity contribution in [2.45, 2.75) is 45.7 Å². The van der Waals surface area contributed by atoms with Gasteiger partial charge in [-0.3, -0.25) is 23.5 Å². The van der Waals surface area contributed by atoms with Crippen LogP contribution in [0.5, 0.6) is 0 Å². The fourth-order valence-electron chi connectivity index (χ4n) is 5.30. The topological polar surface area (TPSA) is 163 Å². The third kappa shape index (κ3) is 4.89. The number of hydrogen-bond donors (Lipinski definition) is 1. The number of imidazole rings is 1. The lowest BCUT2D eigenvalue weighted by atomic mass is 10.1. The number of anilines is 2. The number of nitrogens with one attached hydrogen (secondary N) is 1. The molecule has 3 unspecified atom stereocenters. The first-order valence-electron chi connectivity index (χ1n) is 13.6. The third-order valence-electron chi connectivity index (χ3n) is 7.96. The highest BCUT2D eigenvalue weighted by Crippen LogP contribution is 2.45. The van der Waals surface area contributed by atoms with Gasteiger partial charge in [-0.15, -0.1) is 0 Å². The van der Waals surface area contributed by atoms with E-state index in [-0.39, 0.29) is 35.7 Å². The fourth-order valence-corrected chi connectivity index (χ4v) is 5.30. The van der Waals surface area contributed by atoms with Gasteiger partial charge in [-0.25, -0.2) is 29.7 Å². The van der Waals surface area contributed by atoms with Crippen LogP contribution in [0.4, 0.5) is 11.8 Å². The Bertz CT molecular complexity index is 1770. The van der Waals surface area contributed by atoms with Crippen molar-refractivity contribution in [2.75, 3.05) is 23.3 Å². The molecule has 1 N–H and O–H groups in total. The highest BCUT2D eigenvalue weighted by molar-refractivity contribution is 5.93. The molecule has 0 radical (unpaired) electrons. The molecular formula is C27H30N10O4. The first-order chi connectivity index (χ1) is 19.7. The number of Topliss-reactive ketones (excluding diaryl/α,β-unsaturated/α-hetero) is 1. The Balaban J connectivity index is 1.21. The van der Waals surface area contributed by atoms with E-state index in [1.807, 2.05) is 0 Å². The summed E-state index contributed by atoms with van der Waals surface area (Å²) in [6, 6.07) is 0.666. The summed E-state index contributed by atoms with van der Waals surface area (Å²) in [5.41, 5.74) is -0.553. The van der Waals surface area contributed by atoms with E-state index in [9.17, 15) is 19.2 Å². The van der Waals surface area contributed by atoms with Crippen LogP contribution >= 0.6 is 0 Å². The molecule has 1 aliphatic carbocycles. The Morgan fingerprint density at radius 3 is 2.63 bits per heavy atom. The van der Waals surface area contributed by atoms with Crippen molar-refractivity contribution in [3.8, 4) is 11.4 Å². The van der Waals surface area contributed by atoms with Crippen LogP contribution in [0, 0.1) is 11.8 Å². The summed E-state index contributed by atoms with van der Waals surface area (Å²) in [5.74, 6) is 2.22. The standard InChI is InChI=1S/C27H30N10O4/c1-4-19(38)13-36-25(40)21-23(34(3)27(36)41)31-14-37(21)15(2)24(39)33-20-5-7-28-22(32-20)18-10-29-26(30-11-18)35-8-6-16-9-17(16)12-35/h5,7,10-11,14-17H,4,6,8-9,12-13H2,1-3H3,(H,28,32,33,39). The van der Waals surface area contributed by atoms with Crippen LogP contribution in [0.3, 0.4) is 0 Å². The van der Waals surface area contributed by atoms with Crippen LogP contribution in [0.2, 0.25) is 0 Å². The van der Waals surface area contributed by atoms with Gasteiger partial charge in [-0.2, -0.15) is 0 Å². The summed E-state index contributed by atoms with van der Waals surface area (Å²) in [7, 11) is 1.46. The number of amides is 1. The predicted octanol–water partition coefficient (Wildman–Crippen LogP) is 1.17. The van der Waals surface area contributed by atoms with Crippen molar-refractivity contribution in [3.63, 3.8) is 0 Å². The summed E-state index contributed by atoms with van der Waals surface area (Å²) in [4.78, 5) is 75.4. The zero-order valence-electron chi connectivity index (χ0n) is 23.0. The predicted molar refractivity (Wildman–Crippen MR) is 149 cm³/mol. The quantitative estimate of drug-likeness (QED) is 0.332. The molecule has 2 aliphatic rings. The molecule has 1 amide bonds. The largest absolute Gasteiger partial charge is 0.341 e. The maximum Gasteiger partial charge on any atom is 0.332 e. The second-order valence-electron chi connectivity index (χ2n) is 10.6. The van der Waals surface area contributed by atoms with Crippen LogP contribution in [-0.4, -0.2) is 63.4 Å². The molecule has 2 fully saturated rings. The number of nitrogens with zero attached hydrogens (tertiary/aromatic N) is 9. The first kappa shape index (κ1) is 26.5. The summed E-state index contributed by atoms with van der Waals surface area (Å²) >= 11 is 0. The van der Waals surface area contributed by atoms with Crippen molar-refractivity contribution in [2.24, 2.45) is 18.9 Å². The lowest BCUT2D eigenvalue weighted by Gasteiger charge is -2.26. The van der Waals surface area contributed by atoms with Gasteiger partial charge >= 0.3 is 5.69 Å². The highest BCUT2D eigenvalue weighted by Gasteiger charge is 2.42. The average molecular weight is 559 g/mol. The van der Waals surface area contributed by atoms with Crippen LogP contribution in [0.25, 0.3) is 22.6 Å². The van der Waals surface area contributed by atoms with Gasteiger partial charge in [0.25, 0.3) is 5.56 Å². The lowest BCUT2D eigenvalue weighted by Crippen LogP contribution is -2.41. The minimum absolute atomic E-state index is 0.0465. The zero-order valence-corrected chi connectivity index (χ0v) is 23.0. The van der Waals surface area contributed by atoms with E-state index in [4.69, 9.17) is 0 Å². The molecule has 0 spiro atoms. The second kappa shape index (κ2) is 10.3. The number of piperidine rings is 1. The van der Waals surface area contributed by atoms with Crippen molar-refractivity contribution >= 4 is 34.6 Å². The number of ketones is 1. The van der Waals surface area contributed by atoms with E-state index in [1.54, 1.807) is 32.3 Å². The molecule has 5 heterocycles. The fraction of sp³-hybridized carbons (Fsp3) is 0.444. The average Bonchev–Trinajstić information content (AvgIpc) is 3.64. The number of aryl methyl sites for hydroxylation is 1. The molecule has 1 saturated heterocycles. The molecule has 4 aromatic heterocycles. The van der Waals surface area contributed by atoms with Crippen molar-refractivity contribution < 1.29 is 9.59 Å². The maximum atomic E-state index is 13.2. The van der Waals surface area contributed by atoms with Gasteiger partial charge in [0.15, 0.2) is 22.8 Å². The Hall–Kier alpha value is -4.75. The minimum Gasteiger partial charge on any atom is -0.341 e. The lowest BCUT2D eigenvalue weighted by molar-refractivity contribution is -0.120. The molecule has 1 aliphatic heterocycles. The van der Waals surface area contributed by atoms with Gasteiger partial charge < -0.3 is 14.8 Å². The van der Waals surface area contributed by atoms with Gasteiger partial charge in [0, 0.05) is 45.1 Å². The molecule has 212 valence electrons. The molecule has 6 rings (SSSR count). The molecule has 0 bridgehead atoms. The zero-order chi connectivity index (χ0) is 28.8. The molecular weight excluding hydrogens is 528 g/mol. The van der Waals surface area contributed by atoms with Gasteiger partial charge in [0.1, 0.15) is 11.9 Å². The van der Waals surface area contributed by atoms with Crippen LogP contribution in [-0.2, 0) is 23.2 Å². The number of aromatic nitrogens is 8. The second-order valence-corrected chi connectivity index (χ2v) is 10.6. The summed E-state index contributed by atoms with van der Waals surface area (Å²) < 4.78 is 3.45. The van der Waals surface area contributed by atoms with Crippen LogP contribution in [0.15, 0.2) is 40.6 Å². The van der Waals surface area contributed by atoms with Crippen LogP contribution < -0.4 is 21.5 Å². The van der Waals surface area contributed by atoms with Crippen LogP contribution in [0.1, 0.15) is 39.2 Å². The summed E-state index contributed by atoms with van der Waals surface area (Å²) in [6.07, 6.45) is 8.89. The highest BCUT2D eigenvalue weighted by atomic mass is 16.2. The normalized spacial score (nSPS) is 18.7. The number of carbonyl (C=O) groups is 2. The van der Waals surface area contributed by atoms with Crippen molar-refractivity contribution in [1.29, 1.82) is 0 Å². The Kier molecular flexibility index (Phi) is 6.67. The van der Waals surface area contributed by atoms with E-state index >= 15 is 0 Å². The Morgan fingerprint density at radius 1 is 1.12 bits per heavy atom. The van der Waals surface area contributed by atoms with Crippen molar-refractivity contribution in [1.82, 2.24) is 38.6 Å². The Labute approximate surface area is 234 Å². The van der Waals surface area contributed by atoms with Gasteiger partial charge in [-0.05, 0) is 37.7 Å². The number of carbonyl (C=O) groups excluding carboxylic acids is 2. The number of hydrogen-bond acceptors (Lipinski definition) is 10. The third-order valence-corrected chi connectivity index (χ3v) is 7.96. The molecule has 41 heavy (non-hydrogen) atoms. The molecule has 14 nitrogen and oxygen atoms in total. The Morgan fingerprint density at radius 2 is 1.90 bits per heavy atom. The van der Waals surface area contributed by atoms with Gasteiger partial charge in [0.05, 0.1) is 18.4 Å². The SMILES string of the molecule is CCC(=O)Cn1c(=O)c2c(ncn2C(C)C(=O)Nc2ccnc(-c3cnc(N4CCC5CC5C4)nc3)n2)n(C)c1=O. The molecule has 3 atom stereocenters. The number of rotatable bonds is 8. The molecule has 1 saturated carbocycles. The molecule has 14 heteroatoms. The van der Waals surface area contributed by atoms with E-state index in [0.717, 1.165) is 29.5 Å².